The Labute approximate surface area is 175 Å². The highest BCUT2D eigenvalue weighted by Crippen LogP contribution is 2.14. The molecular weight excluding hydrogens is 437 g/mol. The van der Waals surface area contributed by atoms with Gasteiger partial charge >= 0.3 is 0 Å². The number of carbonyl (C=O) groups excluding carboxylic acids is 1. The molecule has 8 heteroatoms. The van der Waals surface area contributed by atoms with E-state index in [0.29, 0.717) is 24.3 Å². The van der Waals surface area contributed by atoms with Gasteiger partial charge in [-0.1, -0.05) is 24.3 Å². The molecule has 0 aliphatic rings. The van der Waals surface area contributed by atoms with Crippen LogP contribution in [0.15, 0.2) is 77.8 Å². The number of benzene rings is 2. The van der Waals surface area contributed by atoms with Crippen molar-refractivity contribution in [2.75, 3.05) is 5.32 Å². The van der Waals surface area contributed by atoms with Gasteiger partial charge in [0.2, 0.25) is 0 Å². The van der Waals surface area contributed by atoms with Crippen LogP contribution in [0.1, 0.15) is 21.5 Å². The quantitative estimate of drug-likeness (QED) is 0.472. The molecule has 4 rings (SSSR count). The van der Waals surface area contributed by atoms with Gasteiger partial charge in [-0.2, -0.15) is 10.2 Å². The second kappa shape index (κ2) is 8.40. The Kier molecular flexibility index (Phi) is 5.53. The predicted molar refractivity (Wildman–Crippen MR) is 111 cm³/mol. The van der Waals surface area contributed by atoms with Gasteiger partial charge in [0.15, 0.2) is 0 Å². The minimum absolute atomic E-state index is 0.223. The van der Waals surface area contributed by atoms with Crippen LogP contribution < -0.4 is 5.32 Å². The van der Waals surface area contributed by atoms with Gasteiger partial charge in [0.25, 0.3) is 5.91 Å². The van der Waals surface area contributed by atoms with Crippen molar-refractivity contribution in [2.24, 2.45) is 0 Å². The summed E-state index contributed by atoms with van der Waals surface area (Å²) in [5, 5.41) is 11.3. The van der Waals surface area contributed by atoms with Crippen molar-refractivity contribution in [1.29, 1.82) is 0 Å². The number of anilines is 1. The maximum absolute atomic E-state index is 13.3. The van der Waals surface area contributed by atoms with Crippen LogP contribution in [0.4, 0.5) is 10.1 Å². The Morgan fingerprint density at radius 2 is 1.66 bits per heavy atom. The Hall–Kier alpha value is -3.26. The molecule has 146 valence electrons. The molecule has 6 nitrogen and oxygen atoms in total. The second-order valence-electron chi connectivity index (χ2n) is 6.57. The molecule has 4 aromatic rings. The lowest BCUT2D eigenvalue weighted by molar-refractivity contribution is 0.102. The fraction of sp³-hybridized carbons (Fsp3) is 0.0952. The van der Waals surface area contributed by atoms with E-state index in [-0.39, 0.29) is 11.7 Å². The van der Waals surface area contributed by atoms with E-state index in [9.17, 15) is 9.18 Å². The van der Waals surface area contributed by atoms with Crippen molar-refractivity contribution in [3.05, 3.63) is 100 Å². The number of nitrogens with zero attached hydrogens (tertiary/aromatic N) is 4. The topological polar surface area (TPSA) is 64.7 Å². The normalized spacial score (nSPS) is 10.8. The monoisotopic (exact) mass is 453 g/mol. The molecule has 1 N–H and O–H groups in total. The van der Waals surface area contributed by atoms with E-state index in [1.165, 1.54) is 12.1 Å². The molecule has 0 saturated heterocycles. The van der Waals surface area contributed by atoms with Crippen molar-refractivity contribution in [2.45, 2.75) is 13.1 Å². The molecular formula is C21H17BrFN5O. The van der Waals surface area contributed by atoms with Crippen LogP contribution in [0.3, 0.4) is 0 Å². The Bertz CT molecular complexity index is 1150. The average Bonchev–Trinajstić information content (AvgIpc) is 3.30. The van der Waals surface area contributed by atoms with E-state index in [0.717, 1.165) is 15.6 Å². The Morgan fingerprint density at radius 1 is 0.966 bits per heavy atom. The molecule has 29 heavy (non-hydrogen) atoms. The molecule has 0 unspecified atom stereocenters. The lowest BCUT2D eigenvalue weighted by atomic mass is 10.1. The summed E-state index contributed by atoms with van der Waals surface area (Å²) in [5.74, 6) is -0.510. The van der Waals surface area contributed by atoms with E-state index >= 15 is 0 Å². The van der Waals surface area contributed by atoms with E-state index in [2.05, 4.69) is 31.4 Å². The van der Waals surface area contributed by atoms with E-state index in [4.69, 9.17) is 0 Å². The van der Waals surface area contributed by atoms with Gasteiger partial charge in [0.1, 0.15) is 5.82 Å². The van der Waals surface area contributed by atoms with Crippen molar-refractivity contribution in [3.8, 4) is 0 Å². The molecule has 0 bridgehead atoms. The van der Waals surface area contributed by atoms with Crippen LogP contribution in [0, 0.1) is 5.82 Å². The number of amides is 1. The molecule has 1 amide bonds. The summed E-state index contributed by atoms with van der Waals surface area (Å²) in [6, 6.07) is 13.7. The number of nitrogens with one attached hydrogen (secondary N) is 1. The zero-order valence-electron chi connectivity index (χ0n) is 15.3. The summed E-state index contributed by atoms with van der Waals surface area (Å²) >= 11 is 3.37. The van der Waals surface area contributed by atoms with Gasteiger partial charge in [-0.15, -0.1) is 0 Å². The third-order valence-electron chi connectivity index (χ3n) is 4.26. The van der Waals surface area contributed by atoms with Crippen LogP contribution >= 0.6 is 15.9 Å². The van der Waals surface area contributed by atoms with Crippen molar-refractivity contribution >= 4 is 27.5 Å². The highest BCUT2D eigenvalue weighted by molar-refractivity contribution is 9.10. The van der Waals surface area contributed by atoms with Gasteiger partial charge in [-0.05, 0) is 51.3 Å². The summed E-state index contributed by atoms with van der Waals surface area (Å²) in [6.45, 7) is 0.987. The first-order valence-corrected chi connectivity index (χ1v) is 9.69. The largest absolute Gasteiger partial charge is 0.319 e. The third kappa shape index (κ3) is 4.97. The highest BCUT2D eigenvalue weighted by Gasteiger charge is 2.09. The zero-order valence-corrected chi connectivity index (χ0v) is 16.9. The van der Waals surface area contributed by atoms with Crippen LogP contribution in [0.25, 0.3) is 0 Å². The molecule has 2 aromatic heterocycles. The molecule has 0 atom stereocenters. The smallest absolute Gasteiger partial charge is 0.255 e. The Balaban J connectivity index is 1.42. The highest BCUT2D eigenvalue weighted by atomic mass is 79.9. The number of hydrogen-bond donors (Lipinski definition) is 1. The molecule has 0 radical (unpaired) electrons. The lowest BCUT2D eigenvalue weighted by Crippen LogP contribution is -2.12. The number of carbonyl (C=O) groups is 1. The van der Waals surface area contributed by atoms with E-state index in [1.54, 1.807) is 40.1 Å². The minimum Gasteiger partial charge on any atom is -0.319 e. The summed E-state index contributed by atoms with van der Waals surface area (Å²) in [4.78, 5) is 12.6. The molecule has 0 spiro atoms. The molecule has 0 fully saturated rings. The predicted octanol–water partition coefficient (Wildman–Crippen LogP) is 4.33. The first-order chi connectivity index (χ1) is 14.0. The van der Waals surface area contributed by atoms with Gasteiger partial charge in [-0.25, -0.2) is 4.39 Å². The molecule has 2 aromatic carbocycles. The van der Waals surface area contributed by atoms with Gasteiger partial charge in [-0.3, -0.25) is 14.2 Å². The van der Waals surface area contributed by atoms with Crippen LogP contribution in [-0.4, -0.2) is 25.5 Å². The van der Waals surface area contributed by atoms with Crippen molar-refractivity contribution < 1.29 is 9.18 Å². The van der Waals surface area contributed by atoms with Gasteiger partial charge in [0.05, 0.1) is 35.6 Å². The first-order valence-electron chi connectivity index (χ1n) is 8.90. The fourth-order valence-corrected chi connectivity index (χ4v) is 3.29. The maximum atomic E-state index is 13.3. The molecule has 0 aliphatic heterocycles. The molecule has 0 saturated carbocycles. The third-order valence-corrected chi connectivity index (χ3v) is 4.67. The van der Waals surface area contributed by atoms with E-state index < -0.39 is 0 Å². The minimum atomic E-state index is -0.287. The number of aromatic nitrogens is 4. The van der Waals surface area contributed by atoms with Crippen LogP contribution in [-0.2, 0) is 13.1 Å². The fourth-order valence-electron chi connectivity index (χ4n) is 2.96. The number of rotatable bonds is 6. The number of halogens is 2. The van der Waals surface area contributed by atoms with Gasteiger partial charge < -0.3 is 5.32 Å². The summed E-state index contributed by atoms with van der Waals surface area (Å²) < 4.78 is 17.7. The van der Waals surface area contributed by atoms with Gasteiger partial charge in [0, 0.05) is 18.0 Å². The lowest BCUT2D eigenvalue weighted by Gasteiger charge is -2.06. The Morgan fingerprint density at radius 3 is 2.38 bits per heavy atom. The summed E-state index contributed by atoms with van der Waals surface area (Å²) in [5.41, 5.74) is 2.89. The SMILES string of the molecule is O=C(Nc1cnn(Cc2cccc(F)c2)c1)c1cccc(Cn2cc(Br)cn2)c1. The van der Waals surface area contributed by atoms with Crippen LogP contribution in [0.2, 0.25) is 0 Å². The standard InChI is InChI=1S/C21H17BrFN5O/c22-18-9-24-27(13-18)11-15-3-1-5-17(7-15)21(29)26-20-10-25-28(14-20)12-16-4-2-6-19(23)8-16/h1-10,13-14H,11-12H2,(H,26,29). The maximum Gasteiger partial charge on any atom is 0.255 e. The van der Waals surface area contributed by atoms with E-state index in [1.807, 2.05) is 30.5 Å². The summed E-state index contributed by atoms with van der Waals surface area (Å²) in [6.07, 6.45) is 6.88. The molecule has 0 aliphatic carbocycles. The zero-order chi connectivity index (χ0) is 20.2. The summed E-state index contributed by atoms with van der Waals surface area (Å²) in [7, 11) is 0. The first kappa shape index (κ1) is 19.1. The van der Waals surface area contributed by atoms with Crippen molar-refractivity contribution in [3.63, 3.8) is 0 Å². The van der Waals surface area contributed by atoms with Crippen LogP contribution in [0.5, 0.6) is 0 Å². The molecule has 2 heterocycles. The number of hydrogen-bond acceptors (Lipinski definition) is 3. The van der Waals surface area contributed by atoms with Crippen molar-refractivity contribution in [1.82, 2.24) is 19.6 Å². The average molecular weight is 454 g/mol. The second-order valence-corrected chi connectivity index (χ2v) is 7.48.